The number of hydrogen-bond donors (Lipinski definition) is 9. The van der Waals surface area contributed by atoms with Crippen LogP contribution in [0.4, 0.5) is 0 Å². The number of ether oxygens (including phenoxy) is 27. The Labute approximate surface area is 714 Å². The van der Waals surface area contributed by atoms with E-state index in [1.54, 1.807) is 0 Å². The first-order chi connectivity index (χ1) is 58.6. The lowest BCUT2D eigenvalue weighted by molar-refractivity contribution is -0.437. The topological polar surface area (TPSA) is 691 Å². The zero-order valence-electron chi connectivity index (χ0n) is 66.0. The minimum atomic E-state index is -5.59. The van der Waals surface area contributed by atoms with Gasteiger partial charge in [0.2, 0.25) is 0 Å². The Morgan fingerprint density at radius 1 is 0.270 bits per heavy atom. The molecule has 0 radical (unpaired) electrons. The highest BCUT2D eigenvalue weighted by molar-refractivity contribution is 7.90. The van der Waals surface area contributed by atoms with Gasteiger partial charge >= 0.3 is 32.7 Å². The number of carboxylic acids is 2. The quantitative estimate of drug-likeness (QED) is 0.0102. The van der Waals surface area contributed by atoms with Crippen molar-refractivity contribution in [3.63, 3.8) is 0 Å². The van der Waals surface area contributed by atoms with E-state index in [1.165, 1.54) is 49.8 Å². The fraction of sp³-hybridized carbons (Fsp3) is 0.964. The van der Waals surface area contributed by atoms with Crippen LogP contribution >= 0.6 is 61.6 Å². The molecule has 0 aromatic carbocycles. The summed E-state index contributed by atoms with van der Waals surface area (Å²) in [4.78, 5) is 27.6. The average Bonchev–Trinajstić information content (AvgIpc) is 0.794. The standard InChI is InChI=1S/C56H96O59S7/c1-72-15-20-25(74-3)30(75-4)41(80-9)51(90-20)94-26-21(16-73-2)91-52(42(81-10)31(26)76-5)95-27-23(18-87-121(66,67)68)92-53(43(82-11)32(27)77-6)98-35-33(78-7)44(83-12)55(100-39(35)48(57)58)97-29-24(19-88-122(69,70)71)93-56(47(105-120-115-110-65)38(29)103-118-113-108-63)99-36-34(79-8)45(84-13)54(101-40(36)49(59)60)96-28-22(17-86-116-111-106-61)89-50(85-14)46(104-119-114-109-64)37(28)102-117-112-107-62/h20-47,50-56,61-65H,15-19H2,1-14H3,(H,57,58)(H,59,60)(H,66,67,68)(H,69,70,71)/t20-,21-,22?,23?,24-,25+,26+,27+,28+,29+,30?,31?,32-,33-,34?,35-,36-,37-,38?,39?,40+,41?,42?,43?,44?,45?,46?,47?,50-,51+,52-,53-,54-,55+,56+/m0/s1. The van der Waals surface area contributed by atoms with E-state index in [2.05, 4.69) is 46.9 Å². The predicted molar refractivity (Wildman–Crippen MR) is 377 cm³/mol. The molecule has 14 unspecified atom stereocenters. The molecule has 7 saturated heterocycles. The van der Waals surface area contributed by atoms with Crippen molar-refractivity contribution in [3.8, 4) is 0 Å². The predicted octanol–water partition coefficient (Wildman–Crippen LogP) is -2.24. The molecule has 7 rings (SSSR count). The molecule has 59 nitrogen and oxygen atoms in total. The van der Waals surface area contributed by atoms with Crippen LogP contribution < -0.4 is 0 Å². The van der Waals surface area contributed by atoms with Crippen molar-refractivity contribution in [3.05, 3.63) is 0 Å². The Morgan fingerprint density at radius 3 is 0.803 bits per heavy atom. The molecule has 7 aliphatic heterocycles. The number of carbonyl (C=O) groups is 2. The van der Waals surface area contributed by atoms with Crippen LogP contribution in [0.5, 0.6) is 0 Å². The van der Waals surface area contributed by atoms with Gasteiger partial charge in [0.25, 0.3) is 0 Å². The van der Waals surface area contributed by atoms with Gasteiger partial charge in [0.1, 0.15) is 146 Å². The lowest BCUT2D eigenvalue weighted by atomic mass is 9.94. The number of hydrogen-bond acceptors (Lipinski definition) is 60. The fourth-order valence-corrected chi connectivity index (χ4v) is 16.5. The third-order valence-corrected chi connectivity index (χ3v) is 21.9. The molecular formula is C56H96O59S7. The summed E-state index contributed by atoms with van der Waals surface area (Å²) < 4.78 is 295. The zero-order chi connectivity index (χ0) is 89.5. The van der Waals surface area contributed by atoms with Gasteiger partial charge in [0.15, 0.2) is 130 Å². The molecule has 0 aliphatic carbocycles. The average molecular weight is 1940 g/mol. The van der Waals surface area contributed by atoms with E-state index in [0.29, 0.717) is 0 Å². The largest absolute Gasteiger partial charge is 0.479 e. The molecule has 7 aliphatic rings. The van der Waals surface area contributed by atoms with Crippen molar-refractivity contribution < 1.29 is 276 Å². The first kappa shape index (κ1) is 108. The second kappa shape index (κ2) is 54.5. The van der Waals surface area contributed by atoms with Crippen molar-refractivity contribution >= 4 is 94.4 Å². The third-order valence-electron chi connectivity index (χ3n) is 19.0. The summed E-state index contributed by atoms with van der Waals surface area (Å²) in [6.07, 6.45) is -59.8. The van der Waals surface area contributed by atoms with Gasteiger partial charge in [-0.15, -0.1) is 21.7 Å². The van der Waals surface area contributed by atoms with Gasteiger partial charge in [0.05, 0.1) is 33.0 Å². The fourth-order valence-electron chi connectivity index (χ4n) is 14.2. The molecule has 0 bridgehead atoms. The second-order valence-electron chi connectivity index (χ2n) is 25.2. The van der Waals surface area contributed by atoms with E-state index in [-0.39, 0.29) is 74.8 Å². The summed E-state index contributed by atoms with van der Waals surface area (Å²) in [6.45, 7) is -3.49. The third kappa shape index (κ3) is 28.8. The minimum absolute atomic E-state index is 0.0195. The van der Waals surface area contributed by atoms with Crippen molar-refractivity contribution in [2.24, 2.45) is 0 Å². The molecular weight excluding hydrogens is 1840 g/mol. The van der Waals surface area contributed by atoms with E-state index in [1.807, 2.05) is 0 Å². The molecule has 7 fully saturated rings. The Balaban J connectivity index is 1.23. The summed E-state index contributed by atoms with van der Waals surface area (Å²) in [5.41, 5.74) is 0. The Hall–Kier alpha value is -1.45. The van der Waals surface area contributed by atoms with E-state index >= 15 is 0 Å². The van der Waals surface area contributed by atoms with Gasteiger partial charge in [-0.2, -0.15) is 16.8 Å². The molecule has 66 heteroatoms. The van der Waals surface area contributed by atoms with E-state index in [9.17, 15) is 56.3 Å². The highest BCUT2D eigenvalue weighted by Crippen LogP contribution is 2.45. The first-order valence-electron chi connectivity index (χ1n) is 34.6. The maximum atomic E-state index is 13.9. The minimum Gasteiger partial charge on any atom is -0.479 e. The normalized spacial score (nSPS) is 38.7. The maximum absolute atomic E-state index is 13.9. The molecule has 716 valence electrons. The number of methoxy groups -OCH3 is 14. The van der Waals surface area contributed by atoms with E-state index in [4.69, 9.17) is 173 Å². The molecule has 35 atom stereocenters. The van der Waals surface area contributed by atoms with Crippen LogP contribution in [0.15, 0.2) is 0 Å². The number of rotatable bonds is 57. The smallest absolute Gasteiger partial charge is 0.397 e. The molecule has 0 saturated carbocycles. The Kier molecular flexibility index (Phi) is 48.1. The van der Waals surface area contributed by atoms with Crippen LogP contribution in [0.25, 0.3) is 0 Å². The number of carboxylic acid groups (broad SMARTS) is 2. The monoisotopic (exact) mass is 1940 g/mol. The van der Waals surface area contributed by atoms with Crippen LogP contribution in [0.1, 0.15) is 0 Å². The van der Waals surface area contributed by atoms with Crippen LogP contribution in [-0.2, 0) is 234 Å². The second-order valence-corrected chi connectivity index (χ2v) is 29.7. The summed E-state index contributed by atoms with van der Waals surface area (Å²) in [5, 5.41) is 85.9. The van der Waals surface area contributed by atoms with Crippen LogP contribution in [0.3, 0.4) is 0 Å². The molecule has 7 heterocycles. The first-order valence-corrected chi connectivity index (χ1v) is 40.7. The van der Waals surface area contributed by atoms with Gasteiger partial charge in [-0.3, -0.25) is 30.0 Å². The SMILES string of the molecule is COC[C@@H]1O[C@H](O[C@H]2C(OC)C(OC)[C@H](O[C@@H]3C(COS(=O)(=O)O)O[C@@H](O[C@@H]4C(C(=O)O)O[C@@H](O[C@H]5C(OSOOO)C(OSOOO)[C@@H](O[C@H]6C(OC)C(OC)[C@@H](O[C@@H]7C(COSOOO)O[C@H](OC)C(OSOOO)[C@H]7OSOOO)O[C@H]6C(=O)O)O[C@H]5COS(=O)(=O)O)C(OC)[C@H]4OC)C(OC)[C@H]3OC)O[C@H]2COC)C(OC)C(OC)[C@@H]1OC. The van der Waals surface area contributed by atoms with Crippen LogP contribution in [-0.4, -0.2) is 422 Å². The molecule has 9 N–H and O–H groups in total. The van der Waals surface area contributed by atoms with Crippen LogP contribution in [0, 0.1) is 0 Å². The molecule has 0 aromatic rings. The summed E-state index contributed by atoms with van der Waals surface area (Å²) in [7, 11) is 6.16. The summed E-state index contributed by atoms with van der Waals surface area (Å²) >= 11 is -0.636. The zero-order valence-corrected chi connectivity index (χ0v) is 71.8. The Morgan fingerprint density at radius 2 is 0.508 bits per heavy atom. The van der Waals surface area contributed by atoms with Crippen molar-refractivity contribution in [2.75, 3.05) is 133 Å². The highest BCUT2D eigenvalue weighted by Gasteiger charge is 2.63. The van der Waals surface area contributed by atoms with Crippen molar-refractivity contribution in [2.45, 2.75) is 215 Å². The maximum Gasteiger partial charge on any atom is 0.397 e. The van der Waals surface area contributed by atoms with Gasteiger partial charge < -0.3 is 138 Å². The van der Waals surface area contributed by atoms with Crippen molar-refractivity contribution in [1.82, 2.24) is 0 Å². The summed E-state index contributed by atoms with van der Waals surface area (Å²) in [5.74, 6) is -3.82. The number of aliphatic carboxylic acids is 2. The van der Waals surface area contributed by atoms with E-state index in [0.717, 1.165) is 49.8 Å². The Bertz CT molecular complexity index is 3170. The lowest BCUT2D eigenvalue weighted by Gasteiger charge is -2.52. The van der Waals surface area contributed by atoms with Crippen molar-refractivity contribution in [1.29, 1.82) is 0 Å². The molecule has 0 aromatic heterocycles. The van der Waals surface area contributed by atoms with Gasteiger partial charge in [0, 0.05) is 99.5 Å². The molecule has 0 spiro atoms. The molecule has 0 amide bonds. The lowest BCUT2D eigenvalue weighted by Crippen LogP contribution is -2.70. The van der Waals surface area contributed by atoms with E-state index < -0.39 is 267 Å². The summed E-state index contributed by atoms with van der Waals surface area (Å²) in [6, 6.07) is 0. The van der Waals surface area contributed by atoms with Gasteiger partial charge in [-0.1, -0.05) is 25.2 Å². The van der Waals surface area contributed by atoms with Crippen LogP contribution in [0.2, 0.25) is 0 Å². The molecule has 122 heavy (non-hydrogen) atoms. The van der Waals surface area contributed by atoms with Gasteiger partial charge in [-0.05, 0) is 0 Å². The van der Waals surface area contributed by atoms with Gasteiger partial charge in [-0.25, -0.2) is 44.2 Å². The highest BCUT2D eigenvalue weighted by atomic mass is 32.3.